The van der Waals surface area contributed by atoms with Gasteiger partial charge in [0.05, 0.1) is 4.90 Å². The van der Waals surface area contributed by atoms with Crippen LogP contribution in [0.15, 0.2) is 53.4 Å². The maximum atomic E-state index is 12.2. The smallest absolute Gasteiger partial charge is 0.480 e. The summed E-state index contributed by atoms with van der Waals surface area (Å²) in [4.78, 5) is 23.7. The molecular weight excluding hydrogens is 361 g/mol. The number of carbonyl (C=O) groups excluding carboxylic acids is 1. The Morgan fingerprint density at radius 1 is 1.12 bits per heavy atom. The Balaban J connectivity index is 2.12. The van der Waals surface area contributed by atoms with Gasteiger partial charge in [-0.2, -0.15) is 0 Å². The SMILES string of the molecule is O=C(N[C@@H](Cc1ccc(B(O)O)cc1)C(=O)O)c1cccc(S(=O)O)c1. The van der Waals surface area contributed by atoms with E-state index >= 15 is 0 Å². The molecule has 2 aromatic carbocycles. The molecule has 1 unspecified atom stereocenters. The van der Waals surface area contributed by atoms with Gasteiger partial charge in [-0.25, -0.2) is 9.00 Å². The van der Waals surface area contributed by atoms with E-state index in [-0.39, 0.29) is 22.3 Å². The van der Waals surface area contributed by atoms with Crippen molar-refractivity contribution in [3.63, 3.8) is 0 Å². The fourth-order valence-electron chi connectivity index (χ4n) is 2.25. The van der Waals surface area contributed by atoms with Crippen molar-refractivity contribution in [1.29, 1.82) is 0 Å². The topological polar surface area (TPSA) is 144 Å². The molecule has 0 aliphatic rings. The molecule has 0 radical (unpaired) electrons. The molecule has 10 heteroatoms. The van der Waals surface area contributed by atoms with Crippen molar-refractivity contribution in [2.75, 3.05) is 0 Å². The Morgan fingerprint density at radius 2 is 1.77 bits per heavy atom. The Hall–Kier alpha value is -2.53. The molecule has 26 heavy (non-hydrogen) atoms. The minimum absolute atomic E-state index is 0.0193. The molecule has 1 amide bonds. The number of aliphatic carboxylic acids is 1. The number of hydrogen-bond acceptors (Lipinski definition) is 5. The third-order valence-corrected chi connectivity index (χ3v) is 4.28. The molecule has 0 aliphatic heterocycles. The summed E-state index contributed by atoms with van der Waals surface area (Å²) in [5.41, 5.74) is 0.903. The first kappa shape index (κ1) is 19.8. The molecule has 5 N–H and O–H groups in total. The molecule has 0 heterocycles. The van der Waals surface area contributed by atoms with Crippen LogP contribution in [0.2, 0.25) is 0 Å². The van der Waals surface area contributed by atoms with Crippen LogP contribution < -0.4 is 10.8 Å². The molecule has 0 fully saturated rings. The van der Waals surface area contributed by atoms with Crippen molar-refractivity contribution < 1.29 is 33.5 Å². The molecule has 0 saturated carbocycles. The van der Waals surface area contributed by atoms with Gasteiger partial charge in [-0.15, -0.1) is 0 Å². The van der Waals surface area contributed by atoms with Crippen LogP contribution in [0.25, 0.3) is 0 Å². The summed E-state index contributed by atoms with van der Waals surface area (Å²) in [5, 5.41) is 29.8. The second-order valence-electron chi connectivity index (χ2n) is 5.46. The van der Waals surface area contributed by atoms with E-state index < -0.39 is 36.1 Å². The minimum atomic E-state index is -2.25. The van der Waals surface area contributed by atoms with Crippen LogP contribution in [0.3, 0.4) is 0 Å². The van der Waals surface area contributed by atoms with Gasteiger partial charge in [-0.05, 0) is 29.2 Å². The van der Waals surface area contributed by atoms with Crippen molar-refractivity contribution in [2.45, 2.75) is 17.4 Å². The Labute approximate surface area is 151 Å². The highest BCUT2D eigenvalue weighted by molar-refractivity contribution is 7.79. The summed E-state index contributed by atoms with van der Waals surface area (Å²) in [6.07, 6.45) is -0.0193. The van der Waals surface area contributed by atoms with Crippen LogP contribution in [0.1, 0.15) is 15.9 Å². The zero-order valence-electron chi connectivity index (χ0n) is 13.4. The number of nitrogens with one attached hydrogen (secondary N) is 1. The average Bonchev–Trinajstić information content (AvgIpc) is 2.61. The first-order valence-electron chi connectivity index (χ1n) is 7.47. The van der Waals surface area contributed by atoms with Crippen molar-refractivity contribution in [1.82, 2.24) is 5.32 Å². The van der Waals surface area contributed by atoms with Crippen molar-refractivity contribution in [3.05, 3.63) is 59.7 Å². The van der Waals surface area contributed by atoms with Gasteiger partial charge in [0.1, 0.15) is 6.04 Å². The maximum Gasteiger partial charge on any atom is 0.488 e. The fourth-order valence-corrected chi connectivity index (χ4v) is 2.67. The molecule has 2 aromatic rings. The largest absolute Gasteiger partial charge is 0.488 e. The molecule has 0 saturated heterocycles. The summed E-state index contributed by atoms with van der Waals surface area (Å²) in [6, 6.07) is 10.1. The van der Waals surface area contributed by atoms with Gasteiger partial charge >= 0.3 is 13.1 Å². The lowest BCUT2D eigenvalue weighted by Gasteiger charge is -2.15. The third-order valence-electron chi connectivity index (χ3n) is 3.62. The number of carbonyl (C=O) groups is 2. The molecular formula is C16H16BNO7S. The highest BCUT2D eigenvalue weighted by Gasteiger charge is 2.22. The number of carboxylic acids is 1. The second kappa shape index (κ2) is 8.72. The van der Waals surface area contributed by atoms with Crippen LogP contribution in [-0.4, -0.2) is 49.0 Å². The summed E-state index contributed by atoms with van der Waals surface area (Å²) in [6.45, 7) is 0. The zero-order chi connectivity index (χ0) is 19.3. The Morgan fingerprint density at radius 3 is 2.31 bits per heavy atom. The molecule has 0 bridgehead atoms. The molecule has 2 atom stereocenters. The van der Waals surface area contributed by atoms with Gasteiger partial charge in [-0.3, -0.25) is 4.79 Å². The predicted molar refractivity (Wildman–Crippen MR) is 94.3 cm³/mol. The molecule has 0 spiro atoms. The molecule has 136 valence electrons. The summed E-state index contributed by atoms with van der Waals surface area (Å²) >= 11 is -2.25. The average molecular weight is 377 g/mol. The van der Waals surface area contributed by atoms with Gasteiger partial charge in [0.15, 0.2) is 11.1 Å². The number of amides is 1. The molecule has 2 rings (SSSR count). The Kier molecular flexibility index (Phi) is 6.64. The van der Waals surface area contributed by atoms with Gasteiger partial charge in [-0.1, -0.05) is 30.3 Å². The number of hydrogen-bond donors (Lipinski definition) is 5. The van der Waals surface area contributed by atoms with E-state index in [1.165, 1.54) is 48.5 Å². The van der Waals surface area contributed by atoms with Crippen molar-refractivity contribution in [3.8, 4) is 0 Å². The van der Waals surface area contributed by atoms with E-state index in [4.69, 9.17) is 14.6 Å². The maximum absolute atomic E-state index is 12.2. The van der Waals surface area contributed by atoms with Crippen molar-refractivity contribution >= 4 is 35.5 Å². The second-order valence-corrected chi connectivity index (χ2v) is 6.43. The lowest BCUT2D eigenvalue weighted by molar-refractivity contribution is -0.139. The van der Waals surface area contributed by atoms with E-state index in [1.807, 2.05) is 0 Å². The Bertz CT molecular complexity index is 826. The highest BCUT2D eigenvalue weighted by Crippen LogP contribution is 2.10. The lowest BCUT2D eigenvalue weighted by Crippen LogP contribution is -2.42. The van der Waals surface area contributed by atoms with Crippen LogP contribution in [0, 0.1) is 0 Å². The molecule has 0 aromatic heterocycles. The van der Waals surface area contributed by atoms with Gasteiger partial charge in [0.2, 0.25) is 0 Å². The van der Waals surface area contributed by atoms with Gasteiger partial charge in [0.25, 0.3) is 5.91 Å². The van der Waals surface area contributed by atoms with Crippen LogP contribution in [-0.2, 0) is 22.3 Å². The summed E-state index contributed by atoms with van der Waals surface area (Å²) < 4.78 is 20.1. The van der Waals surface area contributed by atoms with Crippen molar-refractivity contribution in [2.24, 2.45) is 0 Å². The number of rotatable bonds is 7. The van der Waals surface area contributed by atoms with E-state index in [2.05, 4.69) is 5.32 Å². The lowest BCUT2D eigenvalue weighted by atomic mass is 9.80. The zero-order valence-corrected chi connectivity index (χ0v) is 14.2. The highest BCUT2D eigenvalue weighted by atomic mass is 32.2. The quantitative estimate of drug-likeness (QED) is 0.319. The van der Waals surface area contributed by atoms with Crippen LogP contribution in [0.5, 0.6) is 0 Å². The van der Waals surface area contributed by atoms with E-state index in [1.54, 1.807) is 0 Å². The summed E-state index contributed by atoms with van der Waals surface area (Å²) in [5.74, 6) is -1.93. The normalized spacial score (nSPS) is 12.9. The first-order valence-corrected chi connectivity index (χ1v) is 8.58. The van der Waals surface area contributed by atoms with Crippen LogP contribution >= 0.6 is 0 Å². The standard InChI is InChI=1S/C16H16BNO7S/c19-15(11-2-1-3-13(9-11)26(24)25)18-14(16(20)21)8-10-4-6-12(7-5-10)17(22)23/h1-7,9,14,22-23H,8H2,(H,18,19)(H,20,21)(H,24,25)/t14-/m0/s1. The van der Waals surface area contributed by atoms with E-state index in [0.717, 1.165) is 0 Å². The first-order chi connectivity index (χ1) is 12.3. The van der Waals surface area contributed by atoms with Crippen LogP contribution in [0.4, 0.5) is 0 Å². The number of benzene rings is 2. The predicted octanol–water partition coefficient (Wildman–Crippen LogP) is -0.627. The third kappa shape index (κ3) is 5.23. The number of carboxylic acid groups (broad SMARTS) is 1. The van der Waals surface area contributed by atoms with Gasteiger partial charge < -0.3 is 25.0 Å². The fraction of sp³-hybridized carbons (Fsp3) is 0.125. The van der Waals surface area contributed by atoms with E-state index in [9.17, 15) is 18.9 Å². The van der Waals surface area contributed by atoms with Gasteiger partial charge in [0, 0.05) is 12.0 Å². The monoisotopic (exact) mass is 377 g/mol. The molecule has 0 aliphatic carbocycles. The van der Waals surface area contributed by atoms with E-state index in [0.29, 0.717) is 5.56 Å². The summed E-state index contributed by atoms with van der Waals surface area (Å²) in [7, 11) is -1.62. The molecule has 8 nitrogen and oxygen atoms in total. The minimum Gasteiger partial charge on any atom is -0.480 e.